The van der Waals surface area contributed by atoms with Crippen LogP contribution in [0.15, 0.2) is 24.3 Å². The summed E-state index contributed by atoms with van der Waals surface area (Å²) in [6.07, 6.45) is -4.95. The zero-order valence-electron chi connectivity index (χ0n) is 13.7. The molecule has 0 aromatic heterocycles. The summed E-state index contributed by atoms with van der Waals surface area (Å²) in [7, 11) is 0. The number of carbonyl (C=O) groups excluding carboxylic acids is 3. The maximum Gasteiger partial charge on any atom is 0.417 e. The van der Waals surface area contributed by atoms with E-state index in [0.29, 0.717) is 0 Å². The van der Waals surface area contributed by atoms with Gasteiger partial charge in [-0.2, -0.15) is 13.2 Å². The number of primary amides is 1. The molecular formula is C16H19F3N2O4. The molecule has 0 aliphatic carbocycles. The Bertz CT molecular complexity index is 647. The Hall–Kier alpha value is -2.58. The Balaban J connectivity index is 2.98. The Morgan fingerprint density at radius 1 is 1.24 bits per heavy atom. The number of hydrogen-bond acceptors (Lipinski definition) is 4. The normalized spacial score (nSPS) is 13.6. The number of alkyl halides is 3. The summed E-state index contributed by atoms with van der Waals surface area (Å²) in [5.41, 5.74) is 3.44. The first-order valence-electron chi connectivity index (χ1n) is 7.50. The van der Waals surface area contributed by atoms with Gasteiger partial charge in [0.25, 0.3) is 5.91 Å². The zero-order chi connectivity index (χ0) is 19.2. The molecule has 6 nitrogen and oxygen atoms in total. The van der Waals surface area contributed by atoms with Crippen LogP contribution in [0.2, 0.25) is 0 Å². The van der Waals surface area contributed by atoms with Gasteiger partial charge in [0, 0.05) is 0 Å². The molecule has 0 fully saturated rings. The van der Waals surface area contributed by atoms with Gasteiger partial charge in [-0.1, -0.05) is 19.1 Å². The fourth-order valence-corrected chi connectivity index (χ4v) is 2.24. The van der Waals surface area contributed by atoms with Gasteiger partial charge in [-0.3, -0.25) is 14.4 Å². The summed E-state index contributed by atoms with van der Waals surface area (Å²) in [6, 6.07) is 2.85. The van der Waals surface area contributed by atoms with Crippen molar-refractivity contribution in [2.75, 3.05) is 6.61 Å². The van der Waals surface area contributed by atoms with Gasteiger partial charge in [0.15, 0.2) is 0 Å². The average Bonchev–Trinajstić information content (AvgIpc) is 2.51. The van der Waals surface area contributed by atoms with Crippen molar-refractivity contribution >= 4 is 17.8 Å². The van der Waals surface area contributed by atoms with Crippen LogP contribution in [0.5, 0.6) is 0 Å². The quantitative estimate of drug-likeness (QED) is 0.725. The van der Waals surface area contributed by atoms with Crippen molar-refractivity contribution in [2.24, 2.45) is 11.7 Å². The lowest BCUT2D eigenvalue weighted by molar-refractivity contribution is -0.144. The van der Waals surface area contributed by atoms with E-state index in [2.05, 4.69) is 5.32 Å². The van der Waals surface area contributed by atoms with Crippen LogP contribution < -0.4 is 11.1 Å². The third kappa shape index (κ3) is 5.77. The van der Waals surface area contributed by atoms with E-state index in [4.69, 9.17) is 10.5 Å². The summed E-state index contributed by atoms with van der Waals surface area (Å²) < 4.78 is 43.7. The molecule has 2 atom stereocenters. The van der Waals surface area contributed by atoms with Crippen molar-refractivity contribution in [1.82, 2.24) is 5.32 Å². The third-order valence-corrected chi connectivity index (χ3v) is 3.43. The molecule has 3 N–H and O–H groups in total. The van der Waals surface area contributed by atoms with E-state index in [1.165, 1.54) is 13.0 Å². The number of carbonyl (C=O) groups is 3. The molecule has 0 aliphatic heterocycles. The van der Waals surface area contributed by atoms with Gasteiger partial charge in [-0.15, -0.1) is 0 Å². The van der Waals surface area contributed by atoms with Gasteiger partial charge < -0.3 is 15.8 Å². The van der Waals surface area contributed by atoms with Crippen LogP contribution in [0.1, 0.15) is 36.2 Å². The van der Waals surface area contributed by atoms with Crippen LogP contribution in [-0.2, 0) is 20.5 Å². The molecule has 9 heteroatoms. The maximum absolute atomic E-state index is 13.0. The highest BCUT2D eigenvalue weighted by atomic mass is 19.4. The Kier molecular flexibility index (Phi) is 6.96. The van der Waals surface area contributed by atoms with Gasteiger partial charge in [-0.25, -0.2) is 0 Å². The molecule has 0 aliphatic rings. The second-order valence-electron chi connectivity index (χ2n) is 5.38. The van der Waals surface area contributed by atoms with Gasteiger partial charge in [-0.05, 0) is 25.0 Å². The number of rotatable bonds is 7. The lowest BCUT2D eigenvalue weighted by Crippen LogP contribution is -2.49. The van der Waals surface area contributed by atoms with Crippen LogP contribution in [0.4, 0.5) is 13.2 Å². The van der Waals surface area contributed by atoms with Gasteiger partial charge in [0.05, 0.1) is 24.2 Å². The third-order valence-electron chi connectivity index (χ3n) is 3.43. The van der Waals surface area contributed by atoms with Crippen LogP contribution >= 0.6 is 0 Å². The number of ether oxygens (including phenoxy) is 1. The van der Waals surface area contributed by atoms with E-state index < -0.39 is 47.0 Å². The highest BCUT2D eigenvalue weighted by Crippen LogP contribution is 2.31. The largest absolute Gasteiger partial charge is 0.466 e. The first-order valence-corrected chi connectivity index (χ1v) is 7.50. The standard InChI is InChI=1S/C16H19F3N2O4/c1-3-25-12(22)8-9(2)13(14(20)23)21-15(24)10-6-4-5-7-11(10)16(17,18)19/h4-7,9,13H,3,8H2,1-2H3,(H2,20,23)(H,21,24)/t9-,13+/m1/s1. The number of hydrogen-bond donors (Lipinski definition) is 2. The van der Waals surface area contributed by atoms with Crippen molar-refractivity contribution in [3.05, 3.63) is 35.4 Å². The van der Waals surface area contributed by atoms with E-state index in [9.17, 15) is 27.6 Å². The van der Waals surface area contributed by atoms with E-state index in [1.807, 2.05) is 0 Å². The molecule has 1 aromatic carbocycles. The summed E-state index contributed by atoms with van der Waals surface area (Å²) in [5, 5.41) is 2.17. The summed E-state index contributed by atoms with van der Waals surface area (Å²) in [6.45, 7) is 3.20. The number of esters is 1. The SMILES string of the molecule is CCOC(=O)C[C@@H](C)[C@H](NC(=O)c1ccccc1C(F)(F)F)C(N)=O. The van der Waals surface area contributed by atoms with Crippen LogP contribution in [0.25, 0.3) is 0 Å². The van der Waals surface area contributed by atoms with Crippen molar-refractivity contribution in [3.63, 3.8) is 0 Å². The lowest BCUT2D eigenvalue weighted by Gasteiger charge is -2.22. The van der Waals surface area contributed by atoms with Crippen molar-refractivity contribution < 1.29 is 32.3 Å². The highest BCUT2D eigenvalue weighted by molar-refractivity contribution is 5.98. The van der Waals surface area contributed by atoms with Crippen molar-refractivity contribution in [3.8, 4) is 0 Å². The van der Waals surface area contributed by atoms with Gasteiger partial charge >= 0.3 is 12.1 Å². The number of amides is 2. The molecule has 25 heavy (non-hydrogen) atoms. The van der Waals surface area contributed by atoms with Crippen molar-refractivity contribution in [1.29, 1.82) is 0 Å². The summed E-state index contributed by atoms with van der Waals surface area (Å²) in [5.74, 6) is -3.42. The number of benzene rings is 1. The molecule has 0 spiro atoms. The molecule has 0 bridgehead atoms. The Morgan fingerprint density at radius 2 is 1.84 bits per heavy atom. The summed E-state index contributed by atoms with van der Waals surface area (Å²) >= 11 is 0. The van der Waals surface area contributed by atoms with E-state index in [-0.39, 0.29) is 13.0 Å². The second-order valence-corrected chi connectivity index (χ2v) is 5.38. The number of halogens is 3. The number of nitrogens with two attached hydrogens (primary N) is 1. The minimum atomic E-state index is -4.73. The lowest BCUT2D eigenvalue weighted by atomic mass is 9.96. The molecular weight excluding hydrogens is 341 g/mol. The smallest absolute Gasteiger partial charge is 0.417 e. The van der Waals surface area contributed by atoms with E-state index in [0.717, 1.165) is 18.2 Å². The topological polar surface area (TPSA) is 98.5 Å². The monoisotopic (exact) mass is 360 g/mol. The molecule has 0 heterocycles. The highest BCUT2D eigenvalue weighted by Gasteiger charge is 2.36. The minimum Gasteiger partial charge on any atom is -0.466 e. The van der Waals surface area contributed by atoms with Crippen LogP contribution in [0.3, 0.4) is 0 Å². The zero-order valence-corrected chi connectivity index (χ0v) is 13.7. The molecule has 0 saturated heterocycles. The fraction of sp³-hybridized carbons (Fsp3) is 0.438. The second kappa shape index (κ2) is 8.50. The molecule has 138 valence electrons. The first-order chi connectivity index (χ1) is 11.6. The average molecular weight is 360 g/mol. The van der Waals surface area contributed by atoms with Crippen LogP contribution in [-0.4, -0.2) is 30.4 Å². The van der Waals surface area contributed by atoms with E-state index in [1.54, 1.807) is 6.92 Å². The first kappa shape index (κ1) is 20.5. The predicted molar refractivity (Wildman–Crippen MR) is 82.3 cm³/mol. The molecule has 2 amide bonds. The molecule has 1 aromatic rings. The van der Waals surface area contributed by atoms with Crippen molar-refractivity contribution in [2.45, 2.75) is 32.5 Å². The molecule has 1 rings (SSSR count). The number of nitrogens with one attached hydrogen (secondary N) is 1. The van der Waals surface area contributed by atoms with Gasteiger partial charge in [0.2, 0.25) is 5.91 Å². The van der Waals surface area contributed by atoms with Crippen LogP contribution in [0, 0.1) is 5.92 Å². The predicted octanol–water partition coefficient (Wildman–Crippen LogP) is 1.88. The van der Waals surface area contributed by atoms with E-state index >= 15 is 0 Å². The Labute approximate surface area is 142 Å². The Morgan fingerprint density at radius 3 is 2.36 bits per heavy atom. The summed E-state index contributed by atoms with van der Waals surface area (Å²) in [4.78, 5) is 35.3. The molecule has 0 unspecified atom stereocenters. The maximum atomic E-state index is 13.0. The molecule has 0 saturated carbocycles. The van der Waals surface area contributed by atoms with Gasteiger partial charge in [0.1, 0.15) is 6.04 Å². The molecule has 0 radical (unpaired) electrons. The minimum absolute atomic E-state index is 0.137. The fourth-order valence-electron chi connectivity index (χ4n) is 2.24.